The average molecular weight is 232 g/mol. The van der Waals surface area contributed by atoms with E-state index >= 15 is 0 Å². The molecule has 0 radical (unpaired) electrons. The molecule has 4 N–H and O–H groups in total. The van der Waals surface area contributed by atoms with Gasteiger partial charge in [-0.1, -0.05) is 41.7 Å². The molecule has 16 heavy (non-hydrogen) atoms. The summed E-state index contributed by atoms with van der Waals surface area (Å²) in [7, 11) is 0. The zero-order valence-electron chi connectivity index (χ0n) is 8.84. The maximum atomic E-state index is 5.32. The predicted octanol–water partition coefficient (Wildman–Crippen LogP) is 2.02. The Morgan fingerprint density at radius 1 is 1.25 bits per heavy atom. The summed E-state index contributed by atoms with van der Waals surface area (Å²) in [5.41, 5.74) is 12.7. The van der Waals surface area contributed by atoms with E-state index in [1.165, 1.54) is 11.3 Å². The third-order valence-corrected chi connectivity index (χ3v) is 3.15. The van der Waals surface area contributed by atoms with Gasteiger partial charge in [0.2, 0.25) is 5.13 Å². The van der Waals surface area contributed by atoms with Gasteiger partial charge in [-0.3, -0.25) is 0 Å². The van der Waals surface area contributed by atoms with Crippen LogP contribution in [0.3, 0.4) is 0 Å². The van der Waals surface area contributed by atoms with E-state index in [0.29, 0.717) is 5.13 Å². The molecule has 0 amide bonds. The fraction of sp³-hybridized carbons (Fsp3) is 0.0909. The van der Waals surface area contributed by atoms with E-state index in [4.69, 9.17) is 11.5 Å². The van der Waals surface area contributed by atoms with Crippen molar-refractivity contribution in [1.82, 2.24) is 4.98 Å². The Hall–Kier alpha value is -1.88. The molecule has 0 aliphatic rings. The van der Waals surface area contributed by atoms with Crippen LogP contribution in [-0.2, 0) is 0 Å². The van der Waals surface area contributed by atoms with Gasteiger partial charge in [-0.25, -0.2) is 4.98 Å². The number of benzene rings is 1. The van der Waals surface area contributed by atoms with Crippen LogP contribution in [0.1, 0.15) is 5.69 Å². The second-order valence-electron chi connectivity index (χ2n) is 3.31. The maximum absolute atomic E-state index is 5.32. The molecule has 1 heterocycles. The Morgan fingerprint density at radius 3 is 2.56 bits per heavy atom. The lowest BCUT2D eigenvalue weighted by atomic mass is 10.2. The summed E-state index contributed by atoms with van der Waals surface area (Å²) in [5, 5.41) is 0.594. The van der Waals surface area contributed by atoms with Crippen LogP contribution in [0.2, 0.25) is 0 Å². The minimum Gasteiger partial charge on any atom is -0.370 e. The van der Waals surface area contributed by atoms with Gasteiger partial charge in [0.15, 0.2) is 5.96 Å². The van der Waals surface area contributed by atoms with E-state index in [2.05, 4.69) is 9.98 Å². The highest BCUT2D eigenvalue weighted by atomic mass is 32.1. The summed E-state index contributed by atoms with van der Waals surface area (Å²) in [6.45, 7) is 1.95. The number of nitrogens with two attached hydrogens (primary N) is 2. The summed E-state index contributed by atoms with van der Waals surface area (Å²) in [6, 6.07) is 10.1. The Morgan fingerprint density at radius 2 is 1.94 bits per heavy atom. The summed E-state index contributed by atoms with van der Waals surface area (Å²) in [4.78, 5) is 9.34. The molecule has 0 aliphatic carbocycles. The van der Waals surface area contributed by atoms with Crippen molar-refractivity contribution in [3.63, 3.8) is 0 Å². The predicted molar refractivity (Wildman–Crippen MR) is 67.8 cm³/mol. The van der Waals surface area contributed by atoms with Crippen LogP contribution in [0.25, 0.3) is 10.4 Å². The Kier molecular flexibility index (Phi) is 2.87. The number of aliphatic imine (C=N–C) groups is 1. The van der Waals surface area contributed by atoms with Crippen molar-refractivity contribution in [2.45, 2.75) is 6.92 Å². The van der Waals surface area contributed by atoms with Crippen molar-refractivity contribution in [3.05, 3.63) is 36.0 Å². The van der Waals surface area contributed by atoms with Crippen LogP contribution in [0.15, 0.2) is 35.3 Å². The van der Waals surface area contributed by atoms with Gasteiger partial charge in [0.05, 0.1) is 10.6 Å². The molecule has 82 valence electrons. The molecule has 2 rings (SSSR count). The molecule has 1 aromatic heterocycles. The van der Waals surface area contributed by atoms with Crippen molar-refractivity contribution in [2.24, 2.45) is 16.5 Å². The summed E-state index contributed by atoms with van der Waals surface area (Å²) < 4.78 is 0. The monoisotopic (exact) mass is 232 g/mol. The number of nitrogens with zero attached hydrogens (tertiary/aromatic N) is 2. The van der Waals surface area contributed by atoms with Gasteiger partial charge in [-0.15, -0.1) is 0 Å². The molecule has 1 aromatic carbocycles. The second kappa shape index (κ2) is 4.32. The number of guanidine groups is 1. The summed E-state index contributed by atoms with van der Waals surface area (Å²) in [5.74, 6) is 0.0355. The molecule has 0 atom stereocenters. The molecular weight excluding hydrogens is 220 g/mol. The average Bonchev–Trinajstić information content (AvgIpc) is 2.60. The maximum Gasteiger partial charge on any atom is 0.213 e. The molecular formula is C11H12N4S. The third-order valence-electron chi connectivity index (χ3n) is 2.05. The summed E-state index contributed by atoms with van der Waals surface area (Å²) in [6.07, 6.45) is 0. The Balaban J connectivity index is 2.44. The number of hydrogen-bond donors (Lipinski definition) is 2. The van der Waals surface area contributed by atoms with E-state index < -0.39 is 0 Å². The van der Waals surface area contributed by atoms with Crippen LogP contribution in [0.4, 0.5) is 5.13 Å². The lowest BCUT2D eigenvalue weighted by Crippen LogP contribution is -2.21. The molecule has 0 fully saturated rings. The van der Waals surface area contributed by atoms with Crippen molar-refractivity contribution in [3.8, 4) is 10.4 Å². The van der Waals surface area contributed by atoms with Crippen molar-refractivity contribution in [1.29, 1.82) is 0 Å². The number of hydrogen-bond acceptors (Lipinski definition) is 3. The SMILES string of the molecule is Cc1nc(N=C(N)N)sc1-c1ccccc1. The van der Waals surface area contributed by atoms with Gasteiger partial charge >= 0.3 is 0 Å². The minimum absolute atomic E-state index is 0.0355. The largest absolute Gasteiger partial charge is 0.370 e. The van der Waals surface area contributed by atoms with Crippen LogP contribution in [-0.4, -0.2) is 10.9 Å². The fourth-order valence-electron chi connectivity index (χ4n) is 1.40. The molecule has 0 unspecified atom stereocenters. The van der Waals surface area contributed by atoms with Crippen LogP contribution < -0.4 is 11.5 Å². The Bertz CT molecular complexity index is 512. The molecule has 0 spiro atoms. The zero-order valence-corrected chi connectivity index (χ0v) is 9.66. The van der Waals surface area contributed by atoms with Crippen molar-refractivity contribution < 1.29 is 0 Å². The van der Waals surface area contributed by atoms with E-state index in [0.717, 1.165) is 16.1 Å². The molecule has 0 saturated carbocycles. The van der Waals surface area contributed by atoms with Crippen LogP contribution in [0, 0.1) is 6.92 Å². The fourth-order valence-corrected chi connectivity index (χ4v) is 2.36. The van der Waals surface area contributed by atoms with Crippen molar-refractivity contribution >= 4 is 22.4 Å². The van der Waals surface area contributed by atoms with Crippen LogP contribution in [0.5, 0.6) is 0 Å². The van der Waals surface area contributed by atoms with Gasteiger partial charge < -0.3 is 11.5 Å². The second-order valence-corrected chi connectivity index (χ2v) is 4.29. The molecule has 0 saturated heterocycles. The number of rotatable bonds is 2. The highest BCUT2D eigenvalue weighted by molar-refractivity contribution is 7.18. The topological polar surface area (TPSA) is 77.3 Å². The first-order valence-corrected chi connectivity index (χ1v) is 5.61. The van der Waals surface area contributed by atoms with E-state index in [1.54, 1.807) is 0 Å². The normalized spacial score (nSPS) is 10.1. The van der Waals surface area contributed by atoms with Gasteiger partial charge in [0.25, 0.3) is 0 Å². The molecule has 5 heteroatoms. The highest BCUT2D eigenvalue weighted by Crippen LogP contribution is 2.33. The van der Waals surface area contributed by atoms with Crippen LogP contribution >= 0.6 is 11.3 Å². The number of aromatic nitrogens is 1. The van der Waals surface area contributed by atoms with E-state index in [9.17, 15) is 0 Å². The first-order chi connectivity index (χ1) is 7.66. The first kappa shape index (κ1) is 10.6. The quantitative estimate of drug-likeness (QED) is 0.614. The number of aryl methyl sites for hydroxylation is 1. The smallest absolute Gasteiger partial charge is 0.213 e. The standard InChI is InChI=1S/C11H12N4S/c1-7-9(8-5-3-2-4-6-8)16-11(14-7)15-10(12)13/h2-6H,1H3,(H4,12,13,14,15). The lowest BCUT2D eigenvalue weighted by Gasteiger charge is -1.95. The van der Waals surface area contributed by atoms with Gasteiger partial charge in [-0.2, -0.15) is 4.99 Å². The van der Waals surface area contributed by atoms with E-state index in [1.807, 2.05) is 37.3 Å². The molecule has 0 aliphatic heterocycles. The molecule has 4 nitrogen and oxygen atoms in total. The third kappa shape index (κ3) is 2.20. The van der Waals surface area contributed by atoms with Gasteiger partial charge in [-0.05, 0) is 12.5 Å². The van der Waals surface area contributed by atoms with Crippen molar-refractivity contribution in [2.75, 3.05) is 0 Å². The van der Waals surface area contributed by atoms with E-state index in [-0.39, 0.29) is 5.96 Å². The lowest BCUT2D eigenvalue weighted by molar-refractivity contribution is 1.24. The minimum atomic E-state index is 0.0355. The highest BCUT2D eigenvalue weighted by Gasteiger charge is 2.08. The summed E-state index contributed by atoms with van der Waals surface area (Å²) >= 11 is 1.48. The zero-order chi connectivity index (χ0) is 11.5. The molecule has 2 aromatic rings. The van der Waals surface area contributed by atoms with Gasteiger partial charge in [0.1, 0.15) is 0 Å². The Labute approximate surface area is 97.7 Å². The molecule has 0 bridgehead atoms. The number of thiazole rings is 1. The first-order valence-electron chi connectivity index (χ1n) is 4.79. The van der Waals surface area contributed by atoms with Gasteiger partial charge in [0, 0.05) is 0 Å².